The number of likely N-dealkylation sites (tertiary alicyclic amines) is 1. The van der Waals surface area contributed by atoms with Crippen LogP contribution in [0.15, 0.2) is 36.4 Å². The van der Waals surface area contributed by atoms with Crippen LogP contribution in [-0.4, -0.2) is 67.3 Å². The number of fused-ring (bicyclic) bond motifs is 2. The lowest BCUT2D eigenvalue weighted by Crippen LogP contribution is -2.39. The first-order valence-electron chi connectivity index (χ1n) is 14.7. The van der Waals surface area contributed by atoms with E-state index in [1.54, 1.807) is 0 Å². The normalized spacial score (nSPS) is 21.7. The third-order valence-corrected chi connectivity index (χ3v) is 8.96. The Morgan fingerprint density at radius 1 is 1.03 bits per heavy atom. The fourth-order valence-corrected chi connectivity index (χ4v) is 6.77. The van der Waals surface area contributed by atoms with Crippen molar-refractivity contribution in [1.29, 1.82) is 0 Å². The molecular weight excluding hydrogens is 484 g/mol. The second-order valence-corrected chi connectivity index (χ2v) is 11.5. The zero-order chi connectivity index (χ0) is 26.8. The third-order valence-electron chi connectivity index (χ3n) is 8.96. The smallest absolute Gasteiger partial charge is 0.318 e. The molecule has 204 valence electrons. The molecule has 3 aliphatic heterocycles. The Labute approximate surface area is 232 Å². The van der Waals surface area contributed by atoms with Gasteiger partial charge in [0.25, 0.3) is 0 Å². The maximum absolute atomic E-state index is 7.39. The maximum Gasteiger partial charge on any atom is 0.318 e. The van der Waals surface area contributed by atoms with Gasteiger partial charge >= 0.3 is 6.01 Å². The first kappa shape index (κ1) is 25.9. The molecule has 0 unspecified atom stereocenters. The Morgan fingerprint density at radius 2 is 1.87 bits per heavy atom. The summed E-state index contributed by atoms with van der Waals surface area (Å²) in [5.74, 6) is 1.44. The van der Waals surface area contributed by atoms with Crippen LogP contribution in [0.3, 0.4) is 0 Å². The Kier molecular flexibility index (Phi) is 7.56. The third kappa shape index (κ3) is 5.27. The fraction of sp³-hybridized carbons (Fsp3) is 0.531. The number of nitrogens with zero attached hydrogens (tertiary/aromatic N) is 6. The Bertz CT molecular complexity index is 1360. The van der Waals surface area contributed by atoms with Gasteiger partial charge in [-0.25, -0.2) is 6.57 Å². The van der Waals surface area contributed by atoms with Crippen molar-refractivity contribution >= 4 is 22.3 Å². The molecule has 2 fully saturated rings. The number of hydrogen-bond donors (Lipinski definition) is 0. The molecule has 7 nitrogen and oxygen atoms in total. The summed E-state index contributed by atoms with van der Waals surface area (Å²) >= 11 is 0. The molecule has 3 aliphatic rings. The van der Waals surface area contributed by atoms with E-state index in [9.17, 15) is 0 Å². The number of benzene rings is 2. The summed E-state index contributed by atoms with van der Waals surface area (Å²) in [6, 6.07) is 14.2. The van der Waals surface area contributed by atoms with Crippen molar-refractivity contribution in [2.75, 3.05) is 56.2 Å². The number of likely N-dealkylation sites (N-methyl/N-ethyl adjacent to an activating group) is 1. The molecule has 2 atom stereocenters. The molecule has 0 aliphatic carbocycles. The van der Waals surface area contributed by atoms with Gasteiger partial charge in [-0.1, -0.05) is 37.3 Å². The number of rotatable bonds is 7. The number of anilines is 2. The summed E-state index contributed by atoms with van der Waals surface area (Å²) in [6.07, 6.45) is 6.52. The van der Waals surface area contributed by atoms with Crippen LogP contribution in [0.25, 0.3) is 15.6 Å². The van der Waals surface area contributed by atoms with E-state index in [2.05, 4.69) is 69.9 Å². The molecule has 0 spiro atoms. The maximum atomic E-state index is 7.39. The van der Waals surface area contributed by atoms with Crippen molar-refractivity contribution in [3.05, 3.63) is 64.6 Å². The van der Waals surface area contributed by atoms with Gasteiger partial charge in [0, 0.05) is 48.2 Å². The summed E-state index contributed by atoms with van der Waals surface area (Å²) in [5.41, 5.74) is 5.03. The number of ether oxygens (including phenoxy) is 1. The zero-order valence-corrected chi connectivity index (χ0v) is 23.4. The van der Waals surface area contributed by atoms with Crippen LogP contribution in [0, 0.1) is 12.5 Å². The van der Waals surface area contributed by atoms with Gasteiger partial charge in [0.05, 0.1) is 12.2 Å². The van der Waals surface area contributed by atoms with Crippen molar-refractivity contribution in [2.45, 2.75) is 58.0 Å². The van der Waals surface area contributed by atoms with Crippen molar-refractivity contribution in [1.82, 2.24) is 14.9 Å². The van der Waals surface area contributed by atoms with Crippen LogP contribution in [-0.2, 0) is 19.4 Å². The lowest BCUT2D eigenvalue weighted by molar-refractivity contribution is 0.187. The molecule has 0 saturated carbocycles. The summed E-state index contributed by atoms with van der Waals surface area (Å²) in [5, 5.41) is 2.66. The topological polar surface area (TPSA) is 49.1 Å². The Balaban J connectivity index is 1.34. The zero-order valence-electron chi connectivity index (χ0n) is 23.4. The minimum Gasteiger partial charge on any atom is -0.462 e. The number of aromatic nitrogens is 2. The van der Waals surface area contributed by atoms with Crippen LogP contribution >= 0.6 is 0 Å². The molecule has 0 bridgehead atoms. The molecule has 7 heteroatoms. The van der Waals surface area contributed by atoms with E-state index in [0.717, 1.165) is 76.3 Å². The van der Waals surface area contributed by atoms with E-state index >= 15 is 0 Å². The van der Waals surface area contributed by atoms with Gasteiger partial charge in [0.1, 0.15) is 12.4 Å². The van der Waals surface area contributed by atoms with E-state index in [4.69, 9.17) is 21.3 Å². The van der Waals surface area contributed by atoms with Gasteiger partial charge in [-0.05, 0) is 69.1 Å². The highest BCUT2D eigenvalue weighted by Gasteiger charge is 2.30. The predicted molar refractivity (Wildman–Crippen MR) is 158 cm³/mol. The molecule has 0 radical (unpaired) electrons. The summed E-state index contributed by atoms with van der Waals surface area (Å²) in [6.45, 7) is 15.5. The van der Waals surface area contributed by atoms with Gasteiger partial charge in [-0.2, -0.15) is 9.97 Å². The van der Waals surface area contributed by atoms with Crippen molar-refractivity contribution < 1.29 is 4.74 Å². The second-order valence-electron chi connectivity index (χ2n) is 11.5. The first-order chi connectivity index (χ1) is 19.1. The number of piperidine rings is 1. The van der Waals surface area contributed by atoms with Crippen molar-refractivity contribution in [3.63, 3.8) is 0 Å². The molecule has 6 rings (SSSR count). The molecule has 1 aromatic heterocycles. The second kappa shape index (κ2) is 11.4. The summed E-state index contributed by atoms with van der Waals surface area (Å²) in [4.78, 5) is 21.1. The van der Waals surface area contributed by atoms with E-state index in [1.165, 1.54) is 34.0 Å². The number of aryl methyl sites for hydroxylation is 1. The molecule has 0 amide bonds. The Morgan fingerprint density at radius 3 is 2.67 bits per heavy atom. The molecule has 2 aromatic carbocycles. The highest BCUT2D eigenvalue weighted by atomic mass is 16.5. The van der Waals surface area contributed by atoms with Crippen LogP contribution in [0.1, 0.15) is 49.4 Å². The first-order valence-corrected chi connectivity index (χ1v) is 14.7. The summed E-state index contributed by atoms with van der Waals surface area (Å²) in [7, 11) is 2.18. The van der Waals surface area contributed by atoms with Gasteiger partial charge < -0.3 is 24.3 Å². The van der Waals surface area contributed by atoms with Crippen LogP contribution in [0.2, 0.25) is 0 Å². The van der Waals surface area contributed by atoms with Gasteiger partial charge in [0.2, 0.25) is 6.54 Å². The van der Waals surface area contributed by atoms with E-state index < -0.39 is 0 Å². The van der Waals surface area contributed by atoms with Gasteiger partial charge in [-0.15, -0.1) is 0 Å². The van der Waals surface area contributed by atoms with Crippen molar-refractivity contribution in [3.8, 4) is 6.01 Å². The lowest BCUT2D eigenvalue weighted by Gasteiger charge is -2.36. The minimum atomic E-state index is 0.404. The van der Waals surface area contributed by atoms with Gasteiger partial charge in [-0.3, -0.25) is 0 Å². The average Bonchev–Trinajstić information content (AvgIpc) is 3.39. The van der Waals surface area contributed by atoms with Crippen molar-refractivity contribution in [2.24, 2.45) is 5.92 Å². The molecule has 39 heavy (non-hydrogen) atoms. The highest BCUT2D eigenvalue weighted by molar-refractivity contribution is 5.97. The lowest BCUT2D eigenvalue weighted by atomic mass is 9.96. The van der Waals surface area contributed by atoms with Crippen LogP contribution in [0.5, 0.6) is 6.01 Å². The van der Waals surface area contributed by atoms with Gasteiger partial charge in [0.15, 0.2) is 0 Å². The minimum absolute atomic E-state index is 0.404. The van der Waals surface area contributed by atoms with E-state index in [-0.39, 0.29) is 0 Å². The van der Waals surface area contributed by atoms with Crippen LogP contribution in [0.4, 0.5) is 11.5 Å². The number of hydrogen-bond acceptors (Lipinski definition) is 6. The largest absolute Gasteiger partial charge is 0.462 e. The molecular formula is C32H40N6O. The monoisotopic (exact) mass is 524 g/mol. The van der Waals surface area contributed by atoms with E-state index in [0.29, 0.717) is 31.1 Å². The quantitative estimate of drug-likeness (QED) is 0.388. The molecule has 2 saturated heterocycles. The molecule has 0 N–H and O–H groups in total. The average molecular weight is 525 g/mol. The Hall–Kier alpha value is -3.37. The molecule has 3 aromatic rings. The predicted octanol–water partition coefficient (Wildman–Crippen LogP) is 5.36. The van der Waals surface area contributed by atoms with Crippen LogP contribution < -0.4 is 14.5 Å². The van der Waals surface area contributed by atoms with E-state index in [1.807, 2.05) is 0 Å². The SMILES string of the molecule is [C-]#[N+]C[C@@H]1CCCN(c2nc(OC[C@@H]3CCCN3C)nc3c2CCN(c2cccc4cccc(CC)c24)C3)C1. The standard InChI is InChI=1S/C32H40N6O/c1-4-24-10-5-11-25-12-6-14-29(30(24)25)37-18-15-27-28(21-37)34-32(39-22-26-13-8-16-36(26)3)35-31(27)38-17-7-9-23(20-38)19-33-2/h5-6,10-12,14,23,26H,4,7-9,13,15-22H2,1,3H3/t23-,26-/m0/s1. The fourth-order valence-electron chi connectivity index (χ4n) is 6.77. The molecule has 4 heterocycles. The highest BCUT2D eigenvalue weighted by Crippen LogP contribution is 2.36. The summed E-state index contributed by atoms with van der Waals surface area (Å²) < 4.78 is 6.32.